The molecule has 30 heavy (non-hydrogen) atoms. The number of hydrogen-bond donors (Lipinski definition) is 1. The maximum Gasteiger partial charge on any atom is 0.243 e. The minimum Gasteiger partial charge on any atom is -0.497 e. The molecular weight excluding hydrogens is 404 g/mol. The molecule has 164 valence electrons. The molecular formula is C22H30N2O5S. The number of methoxy groups -OCH3 is 1. The number of sulfonamides is 1. The Labute approximate surface area is 179 Å². The number of carbonyl (C=O) groups excluding carboxylic acids is 1. The van der Waals surface area contributed by atoms with Crippen molar-refractivity contribution >= 4 is 21.6 Å². The standard InChI is InChI=1S/C22H30N2O5S/c1-5-29-21-14-10-19(11-15-21)24(30(4,26)27)17(2)22(25)23-16-6-7-18-8-12-20(28-3)13-9-18/h8-15,17H,5-7,16H2,1-4H3,(H,23,25)/t17-/m0/s1. The Morgan fingerprint density at radius 2 is 1.67 bits per heavy atom. The molecule has 0 radical (unpaired) electrons. The number of ether oxygens (including phenoxy) is 2. The summed E-state index contributed by atoms with van der Waals surface area (Å²) in [6.07, 6.45) is 2.64. The van der Waals surface area contributed by atoms with Gasteiger partial charge in [-0.15, -0.1) is 0 Å². The lowest BCUT2D eigenvalue weighted by Gasteiger charge is -2.28. The van der Waals surface area contributed by atoms with Crippen molar-refractivity contribution < 1.29 is 22.7 Å². The predicted molar refractivity (Wildman–Crippen MR) is 119 cm³/mol. The van der Waals surface area contributed by atoms with Crippen molar-refractivity contribution in [2.24, 2.45) is 0 Å². The second-order valence-electron chi connectivity index (χ2n) is 6.90. The molecule has 0 heterocycles. The summed E-state index contributed by atoms with van der Waals surface area (Å²) >= 11 is 0. The molecule has 2 aromatic carbocycles. The van der Waals surface area contributed by atoms with Crippen LogP contribution in [0.15, 0.2) is 48.5 Å². The van der Waals surface area contributed by atoms with Gasteiger partial charge >= 0.3 is 0 Å². The number of amides is 1. The highest BCUT2D eigenvalue weighted by Crippen LogP contribution is 2.24. The average Bonchev–Trinajstić information content (AvgIpc) is 2.72. The van der Waals surface area contributed by atoms with Crippen LogP contribution in [0.2, 0.25) is 0 Å². The Balaban J connectivity index is 1.96. The summed E-state index contributed by atoms with van der Waals surface area (Å²) in [4.78, 5) is 12.6. The third-order valence-electron chi connectivity index (χ3n) is 4.59. The second-order valence-corrected chi connectivity index (χ2v) is 8.76. The lowest BCUT2D eigenvalue weighted by atomic mass is 10.1. The first-order valence-corrected chi connectivity index (χ1v) is 11.7. The maximum absolute atomic E-state index is 12.6. The molecule has 0 aliphatic heterocycles. The zero-order valence-electron chi connectivity index (χ0n) is 17.9. The molecule has 7 nitrogen and oxygen atoms in total. The van der Waals surface area contributed by atoms with Crippen LogP contribution in [-0.2, 0) is 21.2 Å². The van der Waals surface area contributed by atoms with Crippen molar-refractivity contribution in [1.29, 1.82) is 0 Å². The van der Waals surface area contributed by atoms with Crippen LogP contribution in [0, 0.1) is 0 Å². The van der Waals surface area contributed by atoms with Crippen LogP contribution >= 0.6 is 0 Å². The summed E-state index contributed by atoms with van der Waals surface area (Å²) in [6, 6.07) is 13.6. The highest BCUT2D eigenvalue weighted by atomic mass is 32.2. The number of rotatable bonds is 11. The molecule has 0 spiro atoms. The monoisotopic (exact) mass is 434 g/mol. The molecule has 0 bridgehead atoms. The molecule has 2 rings (SSSR count). The zero-order valence-corrected chi connectivity index (χ0v) is 18.7. The van der Waals surface area contributed by atoms with Gasteiger partial charge in [-0.1, -0.05) is 12.1 Å². The Hall–Kier alpha value is -2.74. The average molecular weight is 435 g/mol. The third kappa shape index (κ3) is 6.66. The number of benzene rings is 2. The fourth-order valence-corrected chi connectivity index (χ4v) is 4.28. The SMILES string of the molecule is CCOc1ccc(N([C@@H](C)C(=O)NCCCc2ccc(OC)cc2)S(C)(=O)=O)cc1. The number of nitrogens with zero attached hydrogens (tertiary/aromatic N) is 1. The van der Waals surface area contributed by atoms with Gasteiger partial charge in [0.2, 0.25) is 15.9 Å². The summed E-state index contributed by atoms with van der Waals surface area (Å²) in [5.41, 5.74) is 1.56. The lowest BCUT2D eigenvalue weighted by Crippen LogP contribution is -2.48. The molecule has 0 saturated carbocycles. The first-order chi connectivity index (χ1) is 14.3. The zero-order chi connectivity index (χ0) is 22.1. The van der Waals surface area contributed by atoms with Crippen LogP contribution in [0.5, 0.6) is 11.5 Å². The number of aryl methyl sites for hydroxylation is 1. The topological polar surface area (TPSA) is 84.9 Å². The van der Waals surface area contributed by atoms with Gasteiger partial charge in [-0.25, -0.2) is 8.42 Å². The summed E-state index contributed by atoms with van der Waals surface area (Å²) in [7, 11) is -2.02. The number of nitrogens with one attached hydrogen (secondary N) is 1. The molecule has 0 aliphatic rings. The Kier molecular flexibility index (Phi) is 8.53. The van der Waals surface area contributed by atoms with Gasteiger partial charge in [0.1, 0.15) is 17.5 Å². The quantitative estimate of drug-likeness (QED) is 0.550. The van der Waals surface area contributed by atoms with E-state index in [1.165, 1.54) is 0 Å². The van der Waals surface area contributed by atoms with E-state index in [9.17, 15) is 13.2 Å². The molecule has 0 fully saturated rings. The van der Waals surface area contributed by atoms with E-state index in [4.69, 9.17) is 9.47 Å². The first kappa shape index (κ1) is 23.5. The van der Waals surface area contributed by atoms with Crippen molar-refractivity contribution in [3.63, 3.8) is 0 Å². The van der Waals surface area contributed by atoms with Gasteiger partial charge in [-0.05, 0) is 68.7 Å². The molecule has 0 aromatic heterocycles. The normalized spacial score (nSPS) is 12.1. The highest BCUT2D eigenvalue weighted by Gasteiger charge is 2.28. The Morgan fingerprint density at radius 1 is 1.07 bits per heavy atom. The van der Waals surface area contributed by atoms with E-state index in [1.54, 1.807) is 38.3 Å². The maximum atomic E-state index is 12.6. The van der Waals surface area contributed by atoms with E-state index in [-0.39, 0.29) is 5.91 Å². The van der Waals surface area contributed by atoms with Crippen LogP contribution in [0.4, 0.5) is 5.69 Å². The van der Waals surface area contributed by atoms with Crippen molar-refractivity contribution in [2.75, 3.05) is 30.8 Å². The van der Waals surface area contributed by atoms with Gasteiger partial charge in [0.05, 0.1) is 25.7 Å². The summed E-state index contributed by atoms with van der Waals surface area (Å²) in [6.45, 7) is 4.43. The first-order valence-electron chi connectivity index (χ1n) is 9.89. The summed E-state index contributed by atoms with van der Waals surface area (Å²) in [5.74, 6) is 1.10. The second kappa shape index (κ2) is 10.9. The number of anilines is 1. The minimum atomic E-state index is -3.65. The van der Waals surface area contributed by atoms with Crippen molar-refractivity contribution in [3.8, 4) is 11.5 Å². The van der Waals surface area contributed by atoms with Crippen molar-refractivity contribution in [2.45, 2.75) is 32.7 Å². The van der Waals surface area contributed by atoms with Gasteiger partial charge in [0.25, 0.3) is 0 Å². The van der Waals surface area contributed by atoms with Crippen molar-refractivity contribution in [3.05, 3.63) is 54.1 Å². The van der Waals surface area contributed by atoms with E-state index in [0.29, 0.717) is 24.6 Å². The van der Waals surface area contributed by atoms with E-state index >= 15 is 0 Å². The summed E-state index contributed by atoms with van der Waals surface area (Å²) < 4.78 is 36.4. The lowest BCUT2D eigenvalue weighted by molar-refractivity contribution is -0.121. The summed E-state index contributed by atoms with van der Waals surface area (Å²) in [5, 5.41) is 2.83. The number of carbonyl (C=O) groups is 1. The van der Waals surface area contributed by atoms with Crippen LogP contribution < -0.4 is 19.1 Å². The van der Waals surface area contributed by atoms with Crippen LogP contribution in [0.3, 0.4) is 0 Å². The molecule has 1 amide bonds. The largest absolute Gasteiger partial charge is 0.497 e. The molecule has 0 aliphatic carbocycles. The van der Waals surface area contributed by atoms with E-state index in [0.717, 1.165) is 34.7 Å². The molecule has 1 atom stereocenters. The predicted octanol–water partition coefficient (Wildman–Crippen LogP) is 3.00. The molecule has 8 heteroatoms. The van der Waals surface area contributed by atoms with Gasteiger partial charge in [-0.2, -0.15) is 0 Å². The smallest absolute Gasteiger partial charge is 0.243 e. The van der Waals surface area contributed by atoms with Crippen molar-refractivity contribution in [1.82, 2.24) is 5.32 Å². The number of hydrogen-bond acceptors (Lipinski definition) is 5. The third-order valence-corrected chi connectivity index (χ3v) is 5.83. The molecule has 1 N–H and O–H groups in total. The fraction of sp³-hybridized carbons (Fsp3) is 0.409. The molecule has 0 unspecified atom stereocenters. The Bertz CT molecular complexity index is 912. The van der Waals surface area contributed by atoms with Gasteiger partial charge < -0.3 is 14.8 Å². The van der Waals surface area contributed by atoms with E-state index < -0.39 is 16.1 Å². The minimum absolute atomic E-state index is 0.343. The van der Waals surface area contributed by atoms with Gasteiger partial charge in [-0.3, -0.25) is 9.10 Å². The van der Waals surface area contributed by atoms with E-state index in [2.05, 4.69) is 5.32 Å². The van der Waals surface area contributed by atoms with E-state index in [1.807, 2.05) is 31.2 Å². The Morgan fingerprint density at radius 3 is 2.20 bits per heavy atom. The molecule has 0 saturated heterocycles. The van der Waals surface area contributed by atoms with Crippen LogP contribution in [0.1, 0.15) is 25.8 Å². The molecule has 2 aromatic rings. The van der Waals surface area contributed by atoms with Crippen LogP contribution in [-0.4, -0.2) is 46.9 Å². The van der Waals surface area contributed by atoms with Crippen LogP contribution in [0.25, 0.3) is 0 Å². The van der Waals surface area contributed by atoms with Gasteiger partial charge in [0.15, 0.2) is 0 Å². The highest BCUT2D eigenvalue weighted by molar-refractivity contribution is 7.92. The fourth-order valence-electron chi connectivity index (χ4n) is 3.11. The van der Waals surface area contributed by atoms with Gasteiger partial charge in [0, 0.05) is 6.54 Å².